The van der Waals surface area contributed by atoms with Crippen molar-refractivity contribution in [2.75, 3.05) is 0 Å². The van der Waals surface area contributed by atoms with Crippen molar-refractivity contribution in [3.8, 4) is 11.3 Å². The topological polar surface area (TPSA) is 25.8 Å². The van der Waals surface area contributed by atoms with E-state index in [0.29, 0.717) is 6.20 Å². The van der Waals surface area contributed by atoms with Gasteiger partial charge in [-0.25, -0.2) is 9.37 Å². The molecule has 0 N–H and O–H groups in total. The molecule has 0 fully saturated rings. The Morgan fingerprint density at radius 1 is 1.06 bits per heavy atom. The van der Waals surface area contributed by atoms with Crippen molar-refractivity contribution in [3.63, 3.8) is 0 Å². The van der Waals surface area contributed by atoms with Crippen molar-refractivity contribution in [3.05, 3.63) is 47.1 Å². The summed E-state index contributed by atoms with van der Waals surface area (Å²) >= 11 is 5.47. The molecule has 0 radical (unpaired) electrons. The Bertz CT molecular complexity index is 566. The Kier molecular flexibility index (Phi) is 3.21. The van der Waals surface area contributed by atoms with Crippen LogP contribution in [0.4, 0.5) is 17.6 Å². The summed E-state index contributed by atoms with van der Waals surface area (Å²) in [6.45, 7) is 0. The van der Waals surface area contributed by atoms with E-state index >= 15 is 0 Å². The van der Waals surface area contributed by atoms with E-state index in [0.717, 1.165) is 24.4 Å². The van der Waals surface area contributed by atoms with Gasteiger partial charge in [0.25, 0.3) is 0 Å². The standard InChI is InChI=1S/C11H5ClF4N2/c12-10-3-8(13)7(5-18-10)9-2-1-6(4-17-9)11(14,15)16/h1-5H. The molecular weight excluding hydrogens is 272 g/mol. The second-order valence-corrected chi connectivity index (χ2v) is 3.80. The lowest BCUT2D eigenvalue weighted by molar-refractivity contribution is -0.137. The lowest BCUT2D eigenvalue weighted by Gasteiger charge is -2.07. The van der Waals surface area contributed by atoms with Gasteiger partial charge in [-0.1, -0.05) is 11.6 Å². The molecule has 2 aromatic rings. The normalized spacial score (nSPS) is 11.6. The first-order valence-corrected chi connectivity index (χ1v) is 5.10. The number of rotatable bonds is 1. The number of aromatic nitrogens is 2. The summed E-state index contributed by atoms with van der Waals surface area (Å²) in [5, 5.41) is -0.0387. The summed E-state index contributed by atoms with van der Waals surface area (Å²) in [5.41, 5.74) is -0.841. The van der Waals surface area contributed by atoms with Gasteiger partial charge in [0.15, 0.2) is 0 Å². The van der Waals surface area contributed by atoms with Crippen LogP contribution in [0.3, 0.4) is 0 Å². The molecule has 0 saturated carbocycles. The van der Waals surface area contributed by atoms with E-state index in [9.17, 15) is 17.6 Å². The predicted molar refractivity (Wildman–Crippen MR) is 57.4 cm³/mol. The minimum atomic E-state index is -4.47. The highest BCUT2D eigenvalue weighted by Gasteiger charge is 2.30. The monoisotopic (exact) mass is 276 g/mol. The zero-order valence-electron chi connectivity index (χ0n) is 8.67. The minimum absolute atomic E-state index is 0.00637. The molecule has 2 heterocycles. The van der Waals surface area contributed by atoms with E-state index in [-0.39, 0.29) is 16.4 Å². The van der Waals surface area contributed by atoms with Crippen molar-refractivity contribution in [2.45, 2.75) is 6.18 Å². The van der Waals surface area contributed by atoms with Gasteiger partial charge in [-0.3, -0.25) is 4.98 Å². The molecule has 0 aliphatic heterocycles. The van der Waals surface area contributed by atoms with Crippen LogP contribution in [0.1, 0.15) is 5.56 Å². The first kappa shape index (κ1) is 12.8. The van der Waals surface area contributed by atoms with E-state index in [1.807, 2.05) is 0 Å². The van der Waals surface area contributed by atoms with Crippen molar-refractivity contribution in [1.82, 2.24) is 9.97 Å². The van der Waals surface area contributed by atoms with E-state index in [2.05, 4.69) is 9.97 Å². The van der Waals surface area contributed by atoms with Gasteiger partial charge in [0.05, 0.1) is 16.8 Å². The Hall–Kier alpha value is -1.69. The molecule has 2 nitrogen and oxygen atoms in total. The summed E-state index contributed by atoms with van der Waals surface area (Å²) in [6.07, 6.45) is -2.71. The molecule has 2 rings (SSSR count). The van der Waals surface area contributed by atoms with Crippen molar-refractivity contribution in [1.29, 1.82) is 0 Å². The highest BCUT2D eigenvalue weighted by atomic mass is 35.5. The first-order chi connectivity index (χ1) is 8.38. The van der Waals surface area contributed by atoms with E-state index < -0.39 is 17.6 Å². The fraction of sp³-hybridized carbons (Fsp3) is 0.0909. The number of pyridine rings is 2. The maximum Gasteiger partial charge on any atom is 0.417 e. The molecule has 0 bridgehead atoms. The smallest absolute Gasteiger partial charge is 0.255 e. The average Bonchev–Trinajstić information content (AvgIpc) is 2.28. The molecule has 0 saturated heterocycles. The van der Waals surface area contributed by atoms with Crippen molar-refractivity contribution < 1.29 is 17.6 Å². The Morgan fingerprint density at radius 2 is 1.78 bits per heavy atom. The maximum absolute atomic E-state index is 13.5. The molecule has 2 aromatic heterocycles. The third-order valence-corrected chi connectivity index (χ3v) is 2.39. The number of halogens is 5. The Labute approximate surface area is 104 Å². The number of hydrogen-bond acceptors (Lipinski definition) is 2. The summed E-state index contributed by atoms with van der Waals surface area (Å²) < 4.78 is 50.4. The highest BCUT2D eigenvalue weighted by molar-refractivity contribution is 6.29. The molecule has 7 heteroatoms. The molecule has 94 valence electrons. The molecule has 0 atom stereocenters. The van der Waals surface area contributed by atoms with Crippen LogP contribution in [0.2, 0.25) is 5.15 Å². The van der Waals surface area contributed by atoms with E-state index in [4.69, 9.17) is 11.6 Å². The quantitative estimate of drug-likeness (QED) is 0.582. The van der Waals surface area contributed by atoms with Gasteiger partial charge in [0.2, 0.25) is 0 Å². The SMILES string of the molecule is Fc1cc(Cl)ncc1-c1ccc(C(F)(F)F)cn1. The van der Waals surface area contributed by atoms with Gasteiger partial charge in [0, 0.05) is 18.5 Å². The van der Waals surface area contributed by atoms with Crippen LogP contribution in [0, 0.1) is 5.82 Å². The van der Waals surface area contributed by atoms with Crippen LogP contribution >= 0.6 is 11.6 Å². The van der Waals surface area contributed by atoms with E-state index in [1.54, 1.807) is 0 Å². The number of alkyl halides is 3. The largest absolute Gasteiger partial charge is 0.417 e. The molecule has 0 aliphatic rings. The highest BCUT2D eigenvalue weighted by Crippen LogP contribution is 2.30. The van der Waals surface area contributed by atoms with Crippen LogP contribution < -0.4 is 0 Å². The van der Waals surface area contributed by atoms with E-state index in [1.165, 1.54) is 0 Å². The lowest BCUT2D eigenvalue weighted by Crippen LogP contribution is -2.05. The lowest BCUT2D eigenvalue weighted by atomic mass is 10.1. The third-order valence-electron chi connectivity index (χ3n) is 2.19. The summed E-state index contributed by atoms with van der Waals surface area (Å²) in [4.78, 5) is 7.21. The van der Waals surface area contributed by atoms with Crippen LogP contribution in [0.15, 0.2) is 30.6 Å². The second-order valence-electron chi connectivity index (χ2n) is 3.42. The average molecular weight is 277 g/mol. The summed E-state index contributed by atoms with van der Waals surface area (Å²) in [5.74, 6) is -0.692. The van der Waals surface area contributed by atoms with Gasteiger partial charge in [-0.05, 0) is 12.1 Å². The molecule has 0 aromatic carbocycles. The number of hydrogen-bond donors (Lipinski definition) is 0. The van der Waals surface area contributed by atoms with Crippen LogP contribution in [0.25, 0.3) is 11.3 Å². The molecule has 0 unspecified atom stereocenters. The van der Waals surface area contributed by atoms with Gasteiger partial charge in [0.1, 0.15) is 11.0 Å². The Balaban J connectivity index is 2.41. The first-order valence-electron chi connectivity index (χ1n) is 4.72. The third kappa shape index (κ3) is 2.59. The fourth-order valence-electron chi connectivity index (χ4n) is 1.32. The van der Waals surface area contributed by atoms with Crippen LogP contribution in [0.5, 0.6) is 0 Å². The minimum Gasteiger partial charge on any atom is -0.255 e. The molecule has 0 spiro atoms. The maximum atomic E-state index is 13.5. The predicted octanol–water partition coefficient (Wildman–Crippen LogP) is 3.95. The van der Waals surface area contributed by atoms with Gasteiger partial charge < -0.3 is 0 Å². The molecular formula is C11H5ClF4N2. The zero-order chi connectivity index (χ0) is 13.3. The van der Waals surface area contributed by atoms with Crippen LogP contribution in [-0.2, 0) is 6.18 Å². The summed E-state index contributed by atoms with van der Waals surface area (Å²) in [6, 6.07) is 2.88. The Morgan fingerprint density at radius 3 is 2.28 bits per heavy atom. The number of nitrogens with zero attached hydrogens (tertiary/aromatic N) is 2. The molecule has 0 amide bonds. The summed E-state index contributed by atoms with van der Waals surface area (Å²) in [7, 11) is 0. The van der Waals surface area contributed by atoms with Crippen molar-refractivity contribution >= 4 is 11.6 Å². The van der Waals surface area contributed by atoms with Gasteiger partial charge in [-0.2, -0.15) is 13.2 Å². The fourth-order valence-corrected chi connectivity index (χ4v) is 1.46. The zero-order valence-corrected chi connectivity index (χ0v) is 9.43. The van der Waals surface area contributed by atoms with Gasteiger partial charge >= 0.3 is 6.18 Å². The van der Waals surface area contributed by atoms with Crippen LogP contribution in [-0.4, -0.2) is 9.97 Å². The van der Waals surface area contributed by atoms with Gasteiger partial charge in [-0.15, -0.1) is 0 Å². The van der Waals surface area contributed by atoms with Crippen molar-refractivity contribution in [2.24, 2.45) is 0 Å². The molecule has 18 heavy (non-hydrogen) atoms. The second kappa shape index (κ2) is 4.53. The molecule has 0 aliphatic carbocycles.